The zero-order valence-corrected chi connectivity index (χ0v) is 34.5. The Kier molecular flexibility index (Phi) is 13.9. The maximum atomic E-state index is 13.7. The Labute approximate surface area is 369 Å². The van der Waals surface area contributed by atoms with Gasteiger partial charge in [-0.3, -0.25) is 0 Å². The van der Waals surface area contributed by atoms with E-state index in [0.717, 1.165) is 36.4 Å². The SMILES string of the molecule is Fc1cccc2c(-c3[c-]cc(C(F)(F)F)cc3)nccc12.Fc1cccc2c(-c3[c-]cc(C(F)(F)F)cc3)nccc12.Fc1cccc2c(-c3[c-]cc(C(F)(F)F)cc3)nccc12.[Ir+3]. The summed E-state index contributed by atoms with van der Waals surface area (Å²) in [6, 6.07) is 35.2. The molecule has 0 bridgehead atoms. The van der Waals surface area contributed by atoms with E-state index in [4.69, 9.17) is 0 Å². The van der Waals surface area contributed by atoms with Gasteiger partial charge in [0.15, 0.2) is 0 Å². The largest absolute Gasteiger partial charge is 3.00 e. The summed E-state index contributed by atoms with van der Waals surface area (Å²) in [6.45, 7) is 0. The van der Waals surface area contributed by atoms with E-state index in [1.165, 1.54) is 91.4 Å². The van der Waals surface area contributed by atoms with Gasteiger partial charge in [0.1, 0.15) is 17.5 Å². The van der Waals surface area contributed by atoms with Crippen LogP contribution < -0.4 is 0 Å². The number of fused-ring (bicyclic) bond motifs is 3. The predicted octanol–water partition coefficient (Wildman–Crippen LogP) is 14.6. The molecule has 0 N–H and O–H groups in total. The van der Waals surface area contributed by atoms with Crippen molar-refractivity contribution in [3.8, 4) is 33.8 Å². The molecule has 0 aliphatic carbocycles. The van der Waals surface area contributed by atoms with E-state index >= 15 is 0 Å². The fraction of sp³-hybridized carbons (Fsp3) is 0.0625. The van der Waals surface area contributed by atoms with Crippen LogP contribution in [0.4, 0.5) is 52.7 Å². The van der Waals surface area contributed by atoms with E-state index in [-0.39, 0.29) is 20.1 Å². The molecule has 0 aliphatic rings. The Morgan fingerprint density at radius 2 is 0.594 bits per heavy atom. The zero-order chi connectivity index (χ0) is 45.1. The molecule has 0 saturated heterocycles. The van der Waals surface area contributed by atoms with Crippen molar-refractivity contribution in [3.05, 3.63) is 198 Å². The number of aromatic nitrogens is 3. The quantitative estimate of drug-likeness (QED) is 0.131. The Balaban J connectivity index is 0.000000158. The molecule has 3 heterocycles. The van der Waals surface area contributed by atoms with Crippen molar-refractivity contribution in [1.82, 2.24) is 15.0 Å². The fourth-order valence-corrected chi connectivity index (χ4v) is 6.40. The Morgan fingerprint density at radius 1 is 0.328 bits per heavy atom. The zero-order valence-electron chi connectivity index (χ0n) is 32.1. The first-order chi connectivity index (χ1) is 29.9. The molecule has 0 unspecified atom stereocenters. The van der Waals surface area contributed by atoms with Crippen LogP contribution in [-0.4, -0.2) is 15.0 Å². The molecule has 0 spiro atoms. The van der Waals surface area contributed by atoms with Gasteiger partial charge in [-0.2, -0.15) is 39.5 Å². The third-order valence-corrected chi connectivity index (χ3v) is 9.44. The van der Waals surface area contributed by atoms with Gasteiger partial charge in [-0.25, -0.2) is 13.2 Å². The molecule has 9 aromatic rings. The number of nitrogens with zero attached hydrogens (tertiary/aromatic N) is 3. The summed E-state index contributed by atoms with van der Waals surface area (Å²) in [7, 11) is 0. The molecule has 3 nitrogen and oxygen atoms in total. The Hall–Kier alpha value is -6.64. The average molecular weight is 1060 g/mol. The molecule has 6 aromatic carbocycles. The average Bonchev–Trinajstić information content (AvgIpc) is 3.26. The molecule has 0 atom stereocenters. The molecular formula is C48H24F12IrN3. The van der Waals surface area contributed by atoms with Crippen LogP contribution in [-0.2, 0) is 38.6 Å². The van der Waals surface area contributed by atoms with E-state index in [1.807, 2.05) is 0 Å². The standard InChI is InChI=1S/3C16H8F4N.Ir/c3*17-14-3-1-2-13-12(14)8-9-21-15(13)10-4-6-11(7-5-10)16(18,19)20;/h3*1-4,6-9H;/q3*-1;+3. The van der Waals surface area contributed by atoms with Crippen LogP contribution in [0.1, 0.15) is 16.7 Å². The molecule has 0 amide bonds. The van der Waals surface area contributed by atoms with Crippen molar-refractivity contribution in [3.63, 3.8) is 0 Å². The van der Waals surface area contributed by atoms with Crippen molar-refractivity contribution >= 4 is 32.3 Å². The van der Waals surface area contributed by atoms with Crippen LogP contribution in [0.5, 0.6) is 0 Å². The molecule has 0 radical (unpaired) electrons. The number of alkyl halides is 9. The van der Waals surface area contributed by atoms with Crippen LogP contribution in [0, 0.1) is 35.7 Å². The predicted molar refractivity (Wildman–Crippen MR) is 213 cm³/mol. The fourth-order valence-electron chi connectivity index (χ4n) is 6.40. The van der Waals surface area contributed by atoms with Crippen LogP contribution in [0.3, 0.4) is 0 Å². The summed E-state index contributed by atoms with van der Waals surface area (Å²) in [5.41, 5.74) is 0.0350. The molecule has 9 rings (SSSR count). The summed E-state index contributed by atoms with van der Waals surface area (Å²) in [4.78, 5) is 12.4. The molecule has 64 heavy (non-hydrogen) atoms. The number of hydrogen-bond donors (Lipinski definition) is 0. The van der Waals surface area contributed by atoms with Gasteiger partial charge < -0.3 is 15.0 Å². The van der Waals surface area contributed by atoms with Crippen molar-refractivity contribution in [2.24, 2.45) is 0 Å². The normalized spacial score (nSPS) is 11.6. The van der Waals surface area contributed by atoms with Crippen molar-refractivity contribution in [2.75, 3.05) is 0 Å². The maximum Gasteiger partial charge on any atom is 3.00 e. The first kappa shape index (κ1) is 46.9. The van der Waals surface area contributed by atoms with Crippen LogP contribution in [0.15, 0.2) is 146 Å². The minimum Gasteiger partial charge on any atom is -0.304 e. The Morgan fingerprint density at radius 3 is 0.812 bits per heavy atom. The van der Waals surface area contributed by atoms with Gasteiger partial charge in [-0.1, -0.05) is 36.4 Å². The summed E-state index contributed by atoms with van der Waals surface area (Å²) in [5, 5.41) is 2.72. The van der Waals surface area contributed by atoms with E-state index in [2.05, 4.69) is 33.2 Å². The van der Waals surface area contributed by atoms with Gasteiger partial charge in [-0.15, -0.1) is 89.5 Å². The molecule has 3 aromatic heterocycles. The number of halogens is 12. The molecular weight excluding hydrogens is 1040 g/mol. The smallest absolute Gasteiger partial charge is 0.304 e. The van der Waals surface area contributed by atoms with E-state index in [9.17, 15) is 52.7 Å². The molecule has 16 heteroatoms. The van der Waals surface area contributed by atoms with Crippen molar-refractivity contribution in [2.45, 2.75) is 18.5 Å². The minimum absolute atomic E-state index is 0. The van der Waals surface area contributed by atoms with Gasteiger partial charge in [0.2, 0.25) is 0 Å². The monoisotopic (exact) mass is 1060 g/mol. The third-order valence-electron chi connectivity index (χ3n) is 9.44. The van der Waals surface area contributed by atoms with Gasteiger partial charge >= 0.3 is 38.6 Å². The first-order valence-electron chi connectivity index (χ1n) is 18.3. The van der Waals surface area contributed by atoms with Gasteiger partial charge in [0.25, 0.3) is 0 Å². The summed E-state index contributed by atoms with van der Waals surface area (Å²) in [5.74, 6) is -1.20. The van der Waals surface area contributed by atoms with Gasteiger partial charge in [0.05, 0.1) is 0 Å². The second kappa shape index (κ2) is 19.0. The Bertz CT molecular complexity index is 2710. The van der Waals surface area contributed by atoms with E-state index < -0.39 is 52.7 Å². The second-order valence-electron chi connectivity index (χ2n) is 13.4. The number of rotatable bonds is 3. The molecule has 324 valence electrons. The molecule has 0 aliphatic heterocycles. The topological polar surface area (TPSA) is 38.7 Å². The minimum atomic E-state index is -4.41. The second-order valence-corrected chi connectivity index (χ2v) is 13.4. The number of hydrogen-bond acceptors (Lipinski definition) is 3. The van der Waals surface area contributed by atoms with Crippen molar-refractivity contribution < 1.29 is 72.8 Å². The number of pyridine rings is 3. The number of benzene rings is 6. The summed E-state index contributed by atoms with van der Waals surface area (Å²) in [6.07, 6.45) is -8.96. The molecule has 0 fully saturated rings. The van der Waals surface area contributed by atoms with Crippen LogP contribution >= 0.6 is 0 Å². The third kappa shape index (κ3) is 10.4. The maximum absolute atomic E-state index is 13.7. The van der Waals surface area contributed by atoms with Gasteiger partial charge in [-0.05, 0) is 86.3 Å². The molecule has 0 saturated carbocycles. The van der Waals surface area contributed by atoms with Crippen molar-refractivity contribution in [1.29, 1.82) is 0 Å². The summed E-state index contributed by atoms with van der Waals surface area (Å²) >= 11 is 0. The first-order valence-corrected chi connectivity index (χ1v) is 18.3. The van der Waals surface area contributed by atoms with Crippen LogP contribution in [0.25, 0.3) is 66.1 Å². The van der Waals surface area contributed by atoms with Gasteiger partial charge in [0, 0.05) is 34.7 Å². The van der Waals surface area contributed by atoms with Crippen LogP contribution in [0.2, 0.25) is 0 Å². The van der Waals surface area contributed by atoms with E-state index in [0.29, 0.717) is 66.1 Å². The summed E-state index contributed by atoms with van der Waals surface area (Å²) < 4.78 is 154. The van der Waals surface area contributed by atoms with E-state index in [1.54, 1.807) is 18.2 Å².